The molecule has 1 aromatic rings. The molecule has 0 amide bonds. The molecule has 0 bridgehead atoms. The highest BCUT2D eigenvalue weighted by Gasteiger charge is 2.23. The Labute approximate surface area is 146 Å². The zero-order valence-electron chi connectivity index (χ0n) is 13.0. The van der Waals surface area contributed by atoms with Crippen molar-refractivity contribution in [3.63, 3.8) is 0 Å². The molecule has 0 heterocycles. The average molecular weight is 395 g/mol. The normalized spacial score (nSPS) is 21.1. The van der Waals surface area contributed by atoms with E-state index in [0.717, 1.165) is 24.8 Å². The Hall–Kier alpha value is -1.17. The number of fused-ring (bicyclic) bond motifs is 1. The van der Waals surface area contributed by atoms with Crippen LogP contribution in [-0.2, 0) is 14.3 Å². The molecule has 0 fully saturated rings. The second-order valence-electron chi connectivity index (χ2n) is 6.07. The first-order valence-corrected chi connectivity index (χ1v) is 9.85. The standard InChI is InChI=1S/C18H19BrO3S/c1-13-2-8-18(9-3-13)23(20,21)22-12-14-4-5-16-11-17(19)7-6-15(16)10-14/h2-3,5-9,14H,4,10-12H2,1H3. The Morgan fingerprint density at radius 3 is 2.65 bits per heavy atom. The monoisotopic (exact) mass is 394 g/mol. The van der Waals surface area contributed by atoms with Gasteiger partial charge in [0.1, 0.15) is 0 Å². The Bertz CT molecular complexity index is 786. The summed E-state index contributed by atoms with van der Waals surface area (Å²) in [6, 6.07) is 6.75. The Morgan fingerprint density at radius 2 is 1.91 bits per heavy atom. The van der Waals surface area contributed by atoms with Crippen LogP contribution < -0.4 is 0 Å². The van der Waals surface area contributed by atoms with Gasteiger partial charge in [0.2, 0.25) is 0 Å². The number of allylic oxidation sites excluding steroid dienone is 6. The average Bonchev–Trinajstić information content (AvgIpc) is 2.53. The first-order chi connectivity index (χ1) is 10.9. The van der Waals surface area contributed by atoms with Crippen LogP contribution in [0.15, 0.2) is 63.0 Å². The van der Waals surface area contributed by atoms with E-state index >= 15 is 0 Å². The lowest BCUT2D eigenvalue weighted by atomic mass is 9.83. The molecule has 0 saturated carbocycles. The molecule has 3 nitrogen and oxygen atoms in total. The number of aryl methyl sites for hydroxylation is 1. The van der Waals surface area contributed by atoms with Gasteiger partial charge in [0.05, 0.1) is 11.5 Å². The van der Waals surface area contributed by atoms with E-state index in [4.69, 9.17) is 4.18 Å². The molecular weight excluding hydrogens is 376 g/mol. The van der Waals surface area contributed by atoms with E-state index in [-0.39, 0.29) is 17.4 Å². The van der Waals surface area contributed by atoms with Crippen LogP contribution in [0.1, 0.15) is 24.8 Å². The lowest BCUT2D eigenvalue weighted by Crippen LogP contribution is -2.18. The Kier molecular flexibility index (Phi) is 4.90. The van der Waals surface area contributed by atoms with Gasteiger partial charge in [0, 0.05) is 6.42 Å². The van der Waals surface area contributed by atoms with Crippen LogP contribution in [0, 0.1) is 12.8 Å². The van der Waals surface area contributed by atoms with E-state index in [0.29, 0.717) is 0 Å². The van der Waals surface area contributed by atoms with Gasteiger partial charge in [-0.25, -0.2) is 0 Å². The van der Waals surface area contributed by atoms with Crippen LogP contribution in [0.3, 0.4) is 0 Å². The number of hydrogen-bond donors (Lipinski definition) is 0. The van der Waals surface area contributed by atoms with Gasteiger partial charge in [0.25, 0.3) is 10.1 Å². The first kappa shape index (κ1) is 16.7. The van der Waals surface area contributed by atoms with Crippen LogP contribution >= 0.6 is 15.9 Å². The maximum absolute atomic E-state index is 12.2. The molecule has 3 rings (SSSR count). The zero-order valence-corrected chi connectivity index (χ0v) is 15.4. The van der Waals surface area contributed by atoms with Crippen molar-refractivity contribution in [1.29, 1.82) is 0 Å². The molecule has 0 aromatic heterocycles. The minimum Gasteiger partial charge on any atom is -0.266 e. The number of rotatable bonds is 4. The number of benzene rings is 1. The molecule has 0 radical (unpaired) electrons. The first-order valence-electron chi connectivity index (χ1n) is 7.65. The van der Waals surface area contributed by atoms with Crippen molar-refractivity contribution < 1.29 is 12.6 Å². The molecule has 122 valence electrons. The summed E-state index contributed by atoms with van der Waals surface area (Å²) in [5.41, 5.74) is 3.66. The Balaban J connectivity index is 1.64. The van der Waals surface area contributed by atoms with Crippen LogP contribution in [0.2, 0.25) is 0 Å². The fourth-order valence-electron chi connectivity index (χ4n) is 2.84. The molecular formula is C18H19BrO3S. The van der Waals surface area contributed by atoms with Gasteiger partial charge in [-0.05, 0) is 53.4 Å². The quantitative estimate of drug-likeness (QED) is 0.698. The van der Waals surface area contributed by atoms with Crippen molar-refractivity contribution in [2.24, 2.45) is 5.92 Å². The van der Waals surface area contributed by atoms with Crippen LogP contribution in [-0.4, -0.2) is 15.0 Å². The van der Waals surface area contributed by atoms with Crippen molar-refractivity contribution in [1.82, 2.24) is 0 Å². The number of hydrogen-bond acceptors (Lipinski definition) is 3. The second kappa shape index (κ2) is 6.75. The summed E-state index contributed by atoms with van der Waals surface area (Å²) in [5, 5.41) is 0. The number of halogens is 1. The predicted molar refractivity (Wildman–Crippen MR) is 94.8 cm³/mol. The summed E-state index contributed by atoms with van der Waals surface area (Å²) < 4.78 is 31.0. The fourth-order valence-corrected chi connectivity index (χ4v) is 4.26. The van der Waals surface area contributed by atoms with Crippen molar-refractivity contribution in [3.8, 4) is 0 Å². The van der Waals surface area contributed by atoms with Gasteiger partial charge in [-0.3, -0.25) is 4.18 Å². The molecule has 2 aliphatic rings. The maximum atomic E-state index is 12.2. The van der Waals surface area contributed by atoms with Crippen molar-refractivity contribution in [2.45, 2.75) is 31.1 Å². The van der Waals surface area contributed by atoms with Gasteiger partial charge in [0.15, 0.2) is 0 Å². The van der Waals surface area contributed by atoms with E-state index in [1.165, 1.54) is 15.6 Å². The summed E-state index contributed by atoms with van der Waals surface area (Å²) in [7, 11) is -3.67. The zero-order chi connectivity index (χ0) is 16.4. The highest BCUT2D eigenvalue weighted by Crippen LogP contribution is 2.36. The molecule has 0 aliphatic heterocycles. The lowest BCUT2D eigenvalue weighted by Gasteiger charge is -2.26. The molecule has 0 spiro atoms. The smallest absolute Gasteiger partial charge is 0.266 e. The van der Waals surface area contributed by atoms with E-state index in [2.05, 4.69) is 34.2 Å². The molecule has 0 saturated heterocycles. The third kappa shape index (κ3) is 4.03. The topological polar surface area (TPSA) is 43.4 Å². The van der Waals surface area contributed by atoms with Gasteiger partial charge >= 0.3 is 0 Å². The van der Waals surface area contributed by atoms with Crippen LogP contribution in [0.25, 0.3) is 0 Å². The van der Waals surface area contributed by atoms with E-state index in [1.807, 2.05) is 6.92 Å². The molecule has 1 unspecified atom stereocenters. The third-order valence-corrected chi connectivity index (χ3v) is 6.05. The minimum atomic E-state index is -3.67. The van der Waals surface area contributed by atoms with Gasteiger partial charge in [-0.15, -0.1) is 0 Å². The molecule has 2 aliphatic carbocycles. The van der Waals surface area contributed by atoms with E-state index < -0.39 is 10.1 Å². The highest BCUT2D eigenvalue weighted by atomic mass is 79.9. The predicted octanol–water partition coefficient (Wildman–Crippen LogP) is 4.65. The summed E-state index contributed by atoms with van der Waals surface area (Å²) in [5.74, 6) is 0.204. The lowest BCUT2D eigenvalue weighted by molar-refractivity contribution is 0.251. The van der Waals surface area contributed by atoms with E-state index in [1.54, 1.807) is 24.3 Å². The van der Waals surface area contributed by atoms with Gasteiger partial charge < -0.3 is 0 Å². The Morgan fingerprint density at radius 1 is 1.17 bits per heavy atom. The molecule has 1 aromatic carbocycles. The summed E-state index contributed by atoms with van der Waals surface area (Å²) in [6.45, 7) is 2.15. The largest absolute Gasteiger partial charge is 0.296 e. The SMILES string of the molecule is Cc1ccc(S(=O)(=O)OCC2CC=C3CC(Br)=CC=C3C2)cc1. The molecule has 5 heteroatoms. The van der Waals surface area contributed by atoms with E-state index in [9.17, 15) is 8.42 Å². The molecule has 0 N–H and O–H groups in total. The van der Waals surface area contributed by atoms with Gasteiger partial charge in [-0.1, -0.05) is 51.9 Å². The summed E-state index contributed by atoms with van der Waals surface area (Å²) >= 11 is 3.52. The highest BCUT2D eigenvalue weighted by molar-refractivity contribution is 9.11. The van der Waals surface area contributed by atoms with Crippen molar-refractivity contribution in [2.75, 3.05) is 6.61 Å². The van der Waals surface area contributed by atoms with Crippen LogP contribution in [0.5, 0.6) is 0 Å². The molecule has 23 heavy (non-hydrogen) atoms. The fraction of sp³-hybridized carbons (Fsp3) is 0.333. The minimum absolute atomic E-state index is 0.204. The van der Waals surface area contributed by atoms with Crippen molar-refractivity contribution >= 4 is 26.0 Å². The summed E-state index contributed by atoms with van der Waals surface area (Å²) in [4.78, 5) is 0.221. The second-order valence-corrected chi connectivity index (χ2v) is 8.70. The maximum Gasteiger partial charge on any atom is 0.296 e. The van der Waals surface area contributed by atoms with Gasteiger partial charge in [-0.2, -0.15) is 8.42 Å². The molecule has 1 atom stereocenters. The van der Waals surface area contributed by atoms with Crippen LogP contribution in [0.4, 0.5) is 0 Å². The summed E-state index contributed by atoms with van der Waals surface area (Å²) in [6.07, 6.45) is 9.04. The van der Waals surface area contributed by atoms with Crippen molar-refractivity contribution in [3.05, 3.63) is 63.7 Å². The third-order valence-electron chi connectivity index (χ3n) is 4.21.